The average molecular weight is 436 g/mol. The van der Waals surface area contributed by atoms with Crippen molar-refractivity contribution in [2.45, 2.75) is 32.6 Å². The van der Waals surface area contributed by atoms with Gasteiger partial charge in [0.15, 0.2) is 11.6 Å². The molecule has 2 aromatic carbocycles. The molecule has 30 heavy (non-hydrogen) atoms. The van der Waals surface area contributed by atoms with Gasteiger partial charge in [-0.1, -0.05) is 19.1 Å². The molecule has 1 unspecified atom stereocenters. The number of hydrogen-bond acceptors (Lipinski definition) is 5. The fourth-order valence-corrected chi connectivity index (χ4v) is 5.44. The standard InChI is InChI=1S/C22H26FNO5S/c1-4-12-30(26,27)24(17-10-11-21(29-3)19(23)14-17)22(25)16-9-8-15-6-5-7-20(28-2)18(15)13-16/h5-7,10-11,14,16H,4,8-9,12-13H2,1-3H3. The minimum Gasteiger partial charge on any atom is -0.496 e. The molecule has 0 bridgehead atoms. The van der Waals surface area contributed by atoms with E-state index in [9.17, 15) is 17.6 Å². The van der Waals surface area contributed by atoms with Gasteiger partial charge in [0.05, 0.1) is 25.7 Å². The topological polar surface area (TPSA) is 72.9 Å². The molecule has 0 fully saturated rings. The molecule has 1 aliphatic carbocycles. The first-order valence-electron chi connectivity index (χ1n) is 9.87. The highest BCUT2D eigenvalue weighted by molar-refractivity contribution is 7.93. The van der Waals surface area contributed by atoms with Crippen LogP contribution in [0.15, 0.2) is 36.4 Å². The Morgan fingerprint density at radius 1 is 1.17 bits per heavy atom. The van der Waals surface area contributed by atoms with Crippen LogP contribution >= 0.6 is 0 Å². The van der Waals surface area contributed by atoms with E-state index < -0.39 is 27.7 Å². The largest absolute Gasteiger partial charge is 0.496 e. The van der Waals surface area contributed by atoms with Gasteiger partial charge in [0, 0.05) is 12.0 Å². The lowest BCUT2D eigenvalue weighted by atomic mass is 9.83. The van der Waals surface area contributed by atoms with Gasteiger partial charge in [0.25, 0.3) is 0 Å². The molecular weight excluding hydrogens is 409 g/mol. The summed E-state index contributed by atoms with van der Waals surface area (Å²) >= 11 is 0. The van der Waals surface area contributed by atoms with Gasteiger partial charge < -0.3 is 9.47 Å². The van der Waals surface area contributed by atoms with Gasteiger partial charge in [-0.15, -0.1) is 0 Å². The first-order chi connectivity index (χ1) is 14.3. The van der Waals surface area contributed by atoms with Crippen molar-refractivity contribution in [1.82, 2.24) is 0 Å². The molecule has 8 heteroatoms. The zero-order chi connectivity index (χ0) is 21.9. The lowest BCUT2D eigenvalue weighted by Gasteiger charge is -2.30. The summed E-state index contributed by atoms with van der Waals surface area (Å²) in [6.07, 6.45) is 1.86. The van der Waals surface area contributed by atoms with Crippen molar-refractivity contribution in [3.8, 4) is 11.5 Å². The maximum Gasteiger partial charge on any atom is 0.244 e. The number of ether oxygens (including phenoxy) is 2. The van der Waals surface area contributed by atoms with Crippen LogP contribution in [0.2, 0.25) is 0 Å². The second-order valence-electron chi connectivity index (χ2n) is 7.28. The summed E-state index contributed by atoms with van der Waals surface area (Å²) in [5.41, 5.74) is 1.99. The number of anilines is 1. The van der Waals surface area contributed by atoms with E-state index in [0.29, 0.717) is 31.4 Å². The molecule has 2 aromatic rings. The summed E-state index contributed by atoms with van der Waals surface area (Å²) in [7, 11) is -1.07. The van der Waals surface area contributed by atoms with E-state index in [1.165, 1.54) is 19.2 Å². The summed E-state index contributed by atoms with van der Waals surface area (Å²) in [5.74, 6) is -1.37. The van der Waals surface area contributed by atoms with Crippen LogP contribution in [0.3, 0.4) is 0 Å². The Morgan fingerprint density at radius 2 is 1.90 bits per heavy atom. The Balaban J connectivity index is 2.00. The van der Waals surface area contributed by atoms with Crippen molar-refractivity contribution >= 4 is 21.6 Å². The van der Waals surface area contributed by atoms with Crippen LogP contribution < -0.4 is 13.8 Å². The smallest absolute Gasteiger partial charge is 0.244 e. The molecule has 0 aliphatic heterocycles. The number of carbonyl (C=O) groups is 1. The van der Waals surface area contributed by atoms with Crippen molar-refractivity contribution in [2.24, 2.45) is 5.92 Å². The van der Waals surface area contributed by atoms with E-state index in [-0.39, 0.29) is 17.2 Å². The monoisotopic (exact) mass is 435 g/mol. The summed E-state index contributed by atoms with van der Waals surface area (Å²) in [4.78, 5) is 13.4. The average Bonchev–Trinajstić information content (AvgIpc) is 2.72. The second-order valence-corrected chi connectivity index (χ2v) is 9.21. The minimum atomic E-state index is -3.96. The van der Waals surface area contributed by atoms with Crippen LogP contribution in [-0.4, -0.2) is 34.3 Å². The van der Waals surface area contributed by atoms with Crippen LogP contribution in [0, 0.1) is 11.7 Å². The molecule has 0 N–H and O–H groups in total. The highest BCUT2D eigenvalue weighted by atomic mass is 32.2. The van der Waals surface area contributed by atoms with Crippen molar-refractivity contribution in [2.75, 3.05) is 24.3 Å². The number of aryl methyl sites for hydroxylation is 1. The zero-order valence-corrected chi connectivity index (χ0v) is 18.2. The molecule has 162 valence electrons. The van der Waals surface area contributed by atoms with E-state index in [0.717, 1.165) is 21.5 Å². The number of amides is 1. The molecule has 1 aliphatic rings. The number of fused-ring (bicyclic) bond motifs is 1. The number of benzene rings is 2. The van der Waals surface area contributed by atoms with Crippen LogP contribution in [0.4, 0.5) is 10.1 Å². The zero-order valence-electron chi connectivity index (χ0n) is 17.4. The summed E-state index contributed by atoms with van der Waals surface area (Å²) < 4.78 is 51.4. The molecule has 0 heterocycles. The number of hydrogen-bond donors (Lipinski definition) is 0. The lowest BCUT2D eigenvalue weighted by Crippen LogP contribution is -2.43. The van der Waals surface area contributed by atoms with Crippen molar-refractivity contribution in [1.29, 1.82) is 0 Å². The first kappa shape index (κ1) is 22.1. The molecule has 1 atom stereocenters. The van der Waals surface area contributed by atoms with Crippen LogP contribution in [0.25, 0.3) is 0 Å². The number of carbonyl (C=O) groups excluding carboxylic acids is 1. The predicted octanol–water partition coefficient (Wildman–Crippen LogP) is 3.72. The third kappa shape index (κ3) is 4.28. The molecule has 0 spiro atoms. The van der Waals surface area contributed by atoms with Crippen LogP contribution in [0.1, 0.15) is 30.9 Å². The molecular formula is C22H26FNO5S. The summed E-state index contributed by atoms with van der Waals surface area (Å²) in [6, 6.07) is 9.47. The van der Waals surface area contributed by atoms with Gasteiger partial charge in [0.2, 0.25) is 15.9 Å². The number of halogens is 1. The molecule has 1 amide bonds. The fourth-order valence-electron chi connectivity index (χ4n) is 3.88. The molecule has 6 nitrogen and oxygen atoms in total. The predicted molar refractivity (Wildman–Crippen MR) is 113 cm³/mol. The quantitative estimate of drug-likeness (QED) is 0.663. The molecule has 0 saturated heterocycles. The van der Waals surface area contributed by atoms with E-state index in [1.807, 2.05) is 18.2 Å². The Kier molecular flexibility index (Phi) is 6.65. The summed E-state index contributed by atoms with van der Waals surface area (Å²) in [6.45, 7) is 1.72. The Hall–Kier alpha value is -2.61. The van der Waals surface area contributed by atoms with Gasteiger partial charge in [-0.2, -0.15) is 0 Å². The van der Waals surface area contributed by atoms with E-state index in [1.54, 1.807) is 14.0 Å². The number of nitrogens with zero attached hydrogens (tertiary/aromatic N) is 1. The highest BCUT2D eigenvalue weighted by Gasteiger charge is 2.36. The van der Waals surface area contributed by atoms with Crippen LogP contribution in [-0.2, 0) is 27.7 Å². The van der Waals surface area contributed by atoms with Crippen LogP contribution in [0.5, 0.6) is 11.5 Å². The minimum absolute atomic E-state index is 0.0161. The molecule has 0 radical (unpaired) electrons. The molecule has 0 aromatic heterocycles. The van der Waals surface area contributed by atoms with E-state index in [4.69, 9.17) is 9.47 Å². The second kappa shape index (κ2) is 9.04. The lowest BCUT2D eigenvalue weighted by molar-refractivity contribution is -0.121. The van der Waals surface area contributed by atoms with E-state index >= 15 is 0 Å². The van der Waals surface area contributed by atoms with Crippen molar-refractivity contribution < 1.29 is 27.1 Å². The van der Waals surface area contributed by atoms with Gasteiger partial charge in [-0.25, -0.2) is 17.1 Å². The first-order valence-corrected chi connectivity index (χ1v) is 11.5. The fraction of sp³-hybridized carbons (Fsp3) is 0.409. The summed E-state index contributed by atoms with van der Waals surface area (Å²) in [5, 5.41) is 0. The van der Waals surface area contributed by atoms with Crippen molar-refractivity contribution in [3.63, 3.8) is 0 Å². The molecule has 0 saturated carbocycles. The Labute approximate surface area is 176 Å². The van der Waals surface area contributed by atoms with E-state index in [2.05, 4.69) is 0 Å². The highest BCUT2D eigenvalue weighted by Crippen LogP contribution is 2.35. The third-order valence-corrected chi connectivity index (χ3v) is 7.19. The maximum atomic E-state index is 14.3. The number of methoxy groups -OCH3 is 2. The van der Waals surface area contributed by atoms with Gasteiger partial charge >= 0.3 is 0 Å². The number of sulfonamides is 1. The third-order valence-electron chi connectivity index (χ3n) is 5.32. The normalized spacial score (nSPS) is 15.9. The van der Waals surface area contributed by atoms with Gasteiger partial charge in [-0.3, -0.25) is 4.79 Å². The maximum absolute atomic E-state index is 14.3. The van der Waals surface area contributed by atoms with Crippen molar-refractivity contribution in [3.05, 3.63) is 53.3 Å². The molecule has 3 rings (SSSR count). The number of rotatable bonds is 7. The SMILES string of the molecule is CCCS(=O)(=O)N(C(=O)C1CCc2cccc(OC)c2C1)c1ccc(OC)c(F)c1. The Morgan fingerprint density at radius 3 is 2.53 bits per heavy atom. The van der Waals surface area contributed by atoms with Gasteiger partial charge in [-0.05, 0) is 55.0 Å². The van der Waals surface area contributed by atoms with Gasteiger partial charge in [0.1, 0.15) is 5.75 Å². The Bertz CT molecular complexity index is 1020.